The molecule has 3 atom stereocenters. The third-order valence-electron chi connectivity index (χ3n) is 20.6. The lowest BCUT2D eigenvalue weighted by Crippen LogP contribution is -2.48. The molecule has 12 aromatic rings. The number of rotatable bonds is 21. The van der Waals surface area contributed by atoms with Gasteiger partial charge in [0.25, 0.3) is 0 Å². The molecular formula is C79H89F6N21O2. The predicted octanol–water partition coefficient (Wildman–Crippen LogP) is 15.4. The van der Waals surface area contributed by atoms with Gasteiger partial charge in [0.15, 0.2) is 34.9 Å². The van der Waals surface area contributed by atoms with Gasteiger partial charge < -0.3 is 54.6 Å². The van der Waals surface area contributed by atoms with E-state index in [0.717, 1.165) is 88.6 Å². The summed E-state index contributed by atoms with van der Waals surface area (Å²) in [5.41, 5.74) is 6.03. The number of pyridine rings is 3. The molecule has 3 fully saturated rings. The topological polar surface area (TPSA) is 256 Å². The molecule has 108 heavy (non-hydrogen) atoms. The molecule has 0 spiro atoms. The van der Waals surface area contributed by atoms with E-state index in [9.17, 15) is 36.6 Å². The summed E-state index contributed by atoms with van der Waals surface area (Å²) in [6.45, 7) is 34.8. The average Bonchev–Trinajstić information content (AvgIpc) is 1.61. The zero-order chi connectivity index (χ0) is 76.7. The number of imidazole rings is 3. The second-order valence-corrected chi connectivity index (χ2v) is 28.8. The number of aliphatic hydroxyl groups excluding tert-OH is 2. The minimum absolute atomic E-state index is 0.0122. The van der Waals surface area contributed by atoms with Crippen molar-refractivity contribution < 1.29 is 36.6 Å². The van der Waals surface area contributed by atoms with Crippen molar-refractivity contribution in [1.82, 2.24) is 88.2 Å². The Balaban J connectivity index is 0.000000143. The summed E-state index contributed by atoms with van der Waals surface area (Å²) < 4.78 is 94.8. The van der Waals surface area contributed by atoms with E-state index in [0.29, 0.717) is 68.9 Å². The number of anilines is 6. The number of hydrogen-bond acceptors (Lipinski definition) is 20. The van der Waals surface area contributed by atoms with Crippen molar-refractivity contribution in [1.29, 1.82) is 0 Å². The highest BCUT2D eigenvalue weighted by atomic mass is 19.1. The van der Waals surface area contributed by atoms with E-state index in [4.69, 9.17) is 0 Å². The smallest absolute Gasteiger partial charge is 0.229 e. The summed E-state index contributed by atoms with van der Waals surface area (Å²) in [5.74, 6) is 1.84. The first-order chi connectivity index (χ1) is 51.7. The molecule has 3 aromatic carbocycles. The monoisotopic (exact) mass is 1480 g/mol. The van der Waals surface area contributed by atoms with Crippen LogP contribution in [0.5, 0.6) is 0 Å². The van der Waals surface area contributed by atoms with Crippen LogP contribution in [0.3, 0.4) is 0 Å². The van der Waals surface area contributed by atoms with Gasteiger partial charge in [-0.1, -0.05) is 45.9 Å². The van der Waals surface area contributed by atoms with E-state index < -0.39 is 47.1 Å². The number of nitrogens with one attached hydrogen (secondary N) is 3. The van der Waals surface area contributed by atoms with Crippen LogP contribution in [0.25, 0.3) is 66.9 Å². The fourth-order valence-corrected chi connectivity index (χ4v) is 14.6. The number of aryl methyl sites for hydroxylation is 3. The Hall–Kier alpha value is -10.5. The summed E-state index contributed by atoms with van der Waals surface area (Å²) in [6.07, 6.45) is 7.13. The highest BCUT2D eigenvalue weighted by Crippen LogP contribution is 2.38. The Morgan fingerprint density at radius 2 is 0.657 bits per heavy atom. The van der Waals surface area contributed by atoms with Gasteiger partial charge in [0.05, 0.1) is 47.3 Å². The fraction of sp³-hybridized carbons (Fsp3) is 0.392. The van der Waals surface area contributed by atoms with Gasteiger partial charge in [-0.25, -0.2) is 86.2 Å². The summed E-state index contributed by atoms with van der Waals surface area (Å²) >= 11 is 0. The average molecular weight is 1480 g/mol. The largest absolute Gasteiger partial charge is 0.388 e. The lowest BCUT2D eigenvalue weighted by atomic mass is 9.83. The number of aromatic nitrogens is 15. The summed E-state index contributed by atoms with van der Waals surface area (Å²) in [7, 11) is 0. The second-order valence-electron chi connectivity index (χ2n) is 28.8. The van der Waals surface area contributed by atoms with Gasteiger partial charge in [-0.15, -0.1) is 0 Å². The van der Waals surface area contributed by atoms with Crippen LogP contribution in [0, 0.1) is 73.4 Å². The molecule has 0 bridgehead atoms. The van der Waals surface area contributed by atoms with Crippen molar-refractivity contribution in [2.45, 2.75) is 126 Å². The molecule has 0 amide bonds. The third kappa shape index (κ3) is 15.8. The summed E-state index contributed by atoms with van der Waals surface area (Å²) in [5, 5.41) is 30.2. The van der Waals surface area contributed by atoms with Crippen LogP contribution in [-0.2, 0) is 0 Å². The molecule has 3 saturated heterocycles. The number of likely N-dealkylation sites (tertiary alicyclic amines) is 3. The molecule has 0 saturated carbocycles. The van der Waals surface area contributed by atoms with E-state index in [-0.39, 0.29) is 92.6 Å². The van der Waals surface area contributed by atoms with Crippen LogP contribution in [0.2, 0.25) is 0 Å². The minimum Gasteiger partial charge on any atom is -0.388 e. The Labute approximate surface area is 622 Å². The third-order valence-corrected chi connectivity index (χ3v) is 20.6. The van der Waals surface area contributed by atoms with Crippen LogP contribution in [0.4, 0.5) is 61.6 Å². The van der Waals surface area contributed by atoms with E-state index in [1.807, 2.05) is 88.3 Å². The summed E-state index contributed by atoms with van der Waals surface area (Å²) in [4.78, 5) is 58.3. The molecule has 0 radical (unpaired) electrons. The van der Waals surface area contributed by atoms with Crippen LogP contribution in [-0.4, -0.2) is 157 Å². The van der Waals surface area contributed by atoms with Gasteiger partial charge in [0, 0.05) is 105 Å². The first-order valence-corrected chi connectivity index (χ1v) is 36.6. The Kier molecular flexibility index (Phi) is 22.3. The lowest BCUT2D eigenvalue weighted by molar-refractivity contribution is -0.00238. The summed E-state index contributed by atoms with van der Waals surface area (Å²) in [6, 6.07) is 20.0. The molecule has 29 heteroatoms. The van der Waals surface area contributed by atoms with Gasteiger partial charge in [-0.2, -0.15) is 0 Å². The van der Waals surface area contributed by atoms with Gasteiger partial charge >= 0.3 is 0 Å². The maximum absolute atomic E-state index is 14.9. The maximum Gasteiger partial charge on any atom is 0.229 e. The Morgan fingerprint density at radius 1 is 0.370 bits per heavy atom. The van der Waals surface area contributed by atoms with Crippen molar-refractivity contribution in [3.8, 4) is 33.8 Å². The standard InChI is InChI=1S/C27H31F2N7.2C26H29F2N7O/c1-6-35-13-20(14-35)16(4)18-7-8-24(30-11-18)33-27-31-12-22(29)25(34-27)19-9-21(28)26-23(10-19)36(15(2)3)17(5)32-26;2*1-5-34-12-18(13-34)25(36)16-6-7-22(29-10-16)32-26-30-11-20(28)23(33-26)17-8-19(27)24-21(9-17)35(14(2)3)15(4)31-24/h7-12,15-16,20H,6,13-14H2,1-5H3,(H,30,31,33,34);2*6-11,14,18,25,36H,5,12-13H2,1-4H3,(H,29,30,32,33)/t16-;25-;/m10./s1. The molecule has 12 heterocycles. The highest BCUT2D eigenvalue weighted by molar-refractivity contribution is 5.85. The number of hydrogen-bond donors (Lipinski definition) is 5. The minimum atomic E-state index is -0.667. The maximum atomic E-state index is 14.9. The van der Waals surface area contributed by atoms with Crippen LogP contribution in [0.15, 0.2) is 110 Å². The highest BCUT2D eigenvalue weighted by Gasteiger charge is 2.35. The first kappa shape index (κ1) is 75.8. The molecule has 15 rings (SSSR count). The number of halogens is 6. The van der Waals surface area contributed by atoms with Crippen LogP contribution < -0.4 is 16.0 Å². The quantitative estimate of drug-likeness (QED) is 0.0419. The molecule has 3 aliphatic rings. The zero-order valence-corrected chi connectivity index (χ0v) is 62.7. The van der Waals surface area contributed by atoms with E-state index in [2.05, 4.69) is 124 Å². The van der Waals surface area contributed by atoms with Crippen molar-refractivity contribution in [3.63, 3.8) is 0 Å². The van der Waals surface area contributed by atoms with Crippen molar-refractivity contribution >= 4 is 68.4 Å². The van der Waals surface area contributed by atoms with Gasteiger partial charge in [-0.3, -0.25) is 0 Å². The van der Waals surface area contributed by atoms with Gasteiger partial charge in [0.2, 0.25) is 17.8 Å². The molecule has 5 N–H and O–H groups in total. The molecule has 1 unspecified atom stereocenters. The van der Waals surface area contributed by atoms with E-state index in [1.54, 1.807) is 54.9 Å². The molecule has 0 aliphatic carbocycles. The zero-order valence-electron chi connectivity index (χ0n) is 62.7. The Morgan fingerprint density at radius 3 is 0.926 bits per heavy atom. The fourth-order valence-electron chi connectivity index (χ4n) is 14.6. The van der Waals surface area contributed by atoms with Crippen molar-refractivity contribution in [2.24, 2.45) is 17.8 Å². The van der Waals surface area contributed by atoms with E-state index in [1.165, 1.54) is 23.8 Å². The van der Waals surface area contributed by atoms with Gasteiger partial charge in [0.1, 0.15) is 68.6 Å². The number of aliphatic hydroxyl groups is 2. The molecule has 23 nitrogen and oxygen atoms in total. The number of benzene rings is 3. The number of nitrogens with zero attached hydrogens (tertiary/aromatic N) is 18. The predicted molar refractivity (Wildman–Crippen MR) is 405 cm³/mol. The first-order valence-electron chi connectivity index (χ1n) is 36.6. The molecular weight excluding hydrogens is 1390 g/mol. The SMILES string of the molecule is CCN1CC(C(O)c2ccc(Nc3ncc(F)c(-c4cc(F)c5nc(C)n(C(C)C)c5c4)n3)nc2)C1.CCN1CC([C@@H](O)c2ccc(Nc3ncc(F)c(-c4cc(F)c5nc(C)n(C(C)C)c5c4)n3)nc2)C1.CCN1CC([C@H](C)c2ccc(Nc3ncc(F)c(-c4cc(F)c5nc(C)n(C(C)C)c5c4)n3)nc2)C1. The lowest BCUT2D eigenvalue weighted by Gasteiger charge is -2.42. The van der Waals surface area contributed by atoms with Crippen LogP contribution in [0.1, 0.15) is 140 Å². The second kappa shape index (κ2) is 31.8. The van der Waals surface area contributed by atoms with Crippen molar-refractivity contribution in [3.05, 3.63) is 179 Å². The van der Waals surface area contributed by atoms with Crippen molar-refractivity contribution in [2.75, 3.05) is 74.9 Å². The molecule has 3 aliphatic heterocycles. The van der Waals surface area contributed by atoms with E-state index >= 15 is 0 Å². The molecule has 564 valence electrons. The number of fused-ring (bicyclic) bond motifs is 3. The Bertz CT molecular complexity index is 4700. The molecule has 9 aromatic heterocycles. The normalized spacial score (nSPS) is 15.4. The van der Waals surface area contributed by atoms with Crippen LogP contribution >= 0.6 is 0 Å². The van der Waals surface area contributed by atoms with Gasteiger partial charge in [-0.05, 0) is 165 Å².